The van der Waals surface area contributed by atoms with Crippen LogP contribution in [-0.2, 0) is 11.0 Å². The molecule has 21 heavy (non-hydrogen) atoms. The second-order valence-electron chi connectivity index (χ2n) is 5.49. The lowest BCUT2D eigenvalue weighted by Gasteiger charge is -2.21. The lowest BCUT2D eigenvalue weighted by atomic mass is 9.98. The van der Waals surface area contributed by atoms with Crippen molar-refractivity contribution in [3.8, 4) is 0 Å². The Kier molecular flexibility index (Phi) is 5.78. The molecule has 1 aromatic carbocycles. The SMILES string of the molecule is CC(CN[C@H](C(=O)O)C(C)C)c1ccc(C(F)(F)F)cc1. The zero-order valence-electron chi connectivity index (χ0n) is 12.2. The molecule has 0 aliphatic rings. The van der Waals surface area contributed by atoms with Crippen LogP contribution in [0.25, 0.3) is 0 Å². The average Bonchev–Trinajstić information content (AvgIpc) is 2.37. The highest BCUT2D eigenvalue weighted by Crippen LogP contribution is 2.30. The van der Waals surface area contributed by atoms with Gasteiger partial charge in [-0.05, 0) is 29.5 Å². The molecule has 2 N–H and O–H groups in total. The number of nitrogens with one attached hydrogen (secondary N) is 1. The molecule has 2 atom stereocenters. The number of carbonyl (C=O) groups is 1. The molecule has 0 saturated heterocycles. The van der Waals surface area contributed by atoms with Gasteiger partial charge in [-0.15, -0.1) is 0 Å². The maximum Gasteiger partial charge on any atom is 0.416 e. The molecule has 0 aliphatic carbocycles. The number of halogens is 3. The van der Waals surface area contributed by atoms with Crippen molar-refractivity contribution >= 4 is 5.97 Å². The summed E-state index contributed by atoms with van der Waals surface area (Å²) in [6.07, 6.45) is -4.34. The Morgan fingerprint density at radius 2 is 1.71 bits per heavy atom. The standard InChI is InChI=1S/C15H20F3NO2/c1-9(2)13(14(20)21)19-8-10(3)11-4-6-12(7-5-11)15(16,17)18/h4-7,9-10,13,19H,8H2,1-3H3,(H,20,21)/t10?,13-/m0/s1. The average molecular weight is 303 g/mol. The number of carboxylic acids is 1. The molecule has 0 saturated carbocycles. The number of alkyl halides is 3. The Morgan fingerprint density at radius 1 is 1.19 bits per heavy atom. The van der Waals surface area contributed by atoms with Crippen LogP contribution in [0.1, 0.15) is 37.8 Å². The number of rotatable bonds is 6. The van der Waals surface area contributed by atoms with Gasteiger partial charge in [0.25, 0.3) is 0 Å². The van der Waals surface area contributed by atoms with Gasteiger partial charge in [-0.3, -0.25) is 4.79 Å². The molecule has 0 aromatic heterocycles. The van der Waals surface area contributed by atoms with Gasteiger partial charge in [0.2, 0.25) is 0 Å². The van der Waals surface area contributed by atoms with Crippen molar-refractivity contribution in [2.45, 2.75) is 38.9 Å². The van der Waals surface area contributed by atoms with E-state index in [4.69, 9.17) is 5.11 Å². The van der Waals surface area contributed by atoms with Crippen molar-refractivity contribution in [1.82, 2.24) is 5.32 Å². The zero-order valence-corrected chi connectivity index (χ0v) is 12.2. The molecule has 0 fully saturated rings. The summed E-state index contributed by atoms with van der Waals surface area (Å²) in [5, 5.41) is 12.0. The summed E-state index contributed by atoms with van der Waals surface area (Å²) in [7, 11) is 0. The van der Waals surface area contributed by atoms with E-state index in [-0.39, 0.29) is 11.8 Å². The molecule has 0 heterocycles. The van der Waals surface area contributed by atoms with E-state index in [1.807, 2.05) is 6.92 Å². The van der Waals surface area contributed by atoms with E-state index in [0.717, 1.165) is 17.7 Å². The van der Waals surface area contributed by atoms with Gasteiger partial charge < -0.3 is 10.4 Å². The van der Waals surface area contributed by atoms with E-state index in [1.54, 1.807) is 13.8 Å². The maximum atomic E-state index is 12.5. The number of hydrogen-bond acceptors (Lipinski definition) is 2. The van der Waals surface area contributed by atoms with Gasteiger partial charge in [-0.2, -0.15) is 13.2 Å². The van der Waals surface area contributed by atoms with Crippen LogP contribution in [-0.4, -0.2) is 23.7 Å². The van der Waals surface area contributed by atoms with Crippen LogP contribution in [0, 0.1) is 5.92 Å². The summed E-state index contributed by atoms with van der Waals surface area (Å²) in [5.74, 6) is -1.07. The number of hydrogen-bond donors (Lipinski definition) is 2. The summed E-state index contributed by atoms with van der Waals surface area (Å²) < 4.78 is 37.4. The van der Waals surface area contributed by atoms with Crippen LogP contribution in [0.5, 0.6) is 0 Å². The molecule has 1 aromatic rings. The Labute approximate surface area is 122 Å². The van der Waals surface area contributed by atoms with Gasteiger partial charge in [0.05, 0.1) is 5.56 Å². The normalized spacial score (nSPS) is 15.0. The van der Waals surface area contributed by atoms with Crippen molar-refractivity contribution in [2.24, 2.45) is 5.92 Å². The van der Waals surface area contributed by atoms with E-state index in [1.165, 1.54) is 12.1 Å². The Hall–Kier alpha value is -1.56. The van der Waals surface area contributed by atoms with Crippen LogP contribution in [0.2, 0.25) is 0 Å². The summed E-state index contributed by atoms with van der Waals surface area (Å²) >= 11 is 0. The summed E-state index contributed by atoms with van der Waals surface area (Å²) in [6.45, 7) is 5.83. The van der Waals surface area contributed by atoms with E-state index in [2.05, 4.69) is 5.32 Å². The fourth-order valence-corrected chi connectivity index (χ4v) is 2.03. The first-order valence-electron chi connectivity index (χ1n) is 6.76. The molecule has 1 rings (SSSR count). The topological polar surface area (TPSA) is 49.3 Å². The van der Waals surface area contributed by atoms with Crippen LogP contribution in [0.3, 0.4) is 0 Å². The van der Waals surface area contributed by atoms with Crippen LogP contribution < -0.4 is 5.32 Å². The predicted octanol–water partition coefficient (Wildman–Crippen LogP) is 3.51. The van der Waals surface area contributed by atoms with Crippen LogP contribution >= 0.6 is 0 Å². The lowest BCUT2D eigenvalue weighted by molar-refractivity contribution is -0.140. The Balaban J connectivity index is 2.68. The van der Waals surface area contributed by atoms with Crippen molar-refractivity contribution in [1.29, 1.82) is 0 Å². The van der Waals surface area contributed by atoms with Crippen molar-refractivity contribution < 1.29 is 23.1 Å². The monoisotopic (exact) mass is 303 g/mol. The molecule has 118 valence electrons. The maximum absolute atomic E-state index is 12.5. The summed E-state index contributed by atoms with van der Waals surface area (Å²) in [4.78, 5) is 11.1. The van der Waals surface area contributed by atoms with Crippen molar-refractivity contribution in [3.63, 3.8) is 0 Å². The van der Waals surface area contributed by atoms with Gasteiger partial charge in [-0.1, -0.05) is 32.9 Å². The summed E-state index contributed by atoms with van der Waals surface area (Å²) in [5.41, 5.74) is 0.0559. The fraction of sp³-hybridized carbons (Fsp3) is 0.533. The minimum atomic E-state index is -4.34. The van der Waals surface area contributed by atoms with E-state index in [0.29, 0.717) is 6.54 Å². The van der Waals surface area contributed by atoms with Crippen molar-refractivity contribution in [2.75, 3.05) is 6.54 Å². The molecule has 0 radical (unpaired) electrons. The first-order chi connectivity index (χ1) is 9.62. The highest BCUT2D eigenvalue weighted by Gasteiger charge is 2.30. The third-order valence-corrected chi connectivity index (χ3v) is 3.38. The highest BCUT2D eigenvalue weighted by atomic mass is 19.4. The van der Waals surface area contributed by atoms with Gasteiger partial charge in [-0.25, -0.2) is 0 Å². The number of aliphatic carboxylic acids is 1. The molecule has 0 amide bonds. The minimum Gasteiger partial charge on any atom is -0.480 e. The third kappa shape index (κ3) is 5.04. The molecular weight excluding hydrogens is 283 g/mol. The molecule has 0 aliphatic heterocycles. The molecule has 3 nitrogen and oxygen atoms in total. The quantitative estimate of drug-likeness (QED) is 0.845. The molecule has 6 heteroatoms. The van der Waals surface area contributed by atoms with E-state index in [9.17, 15) is 18.0 Å². The minimum absolute atomic E-state index is 0.0673. The molecule has 0 spiro atoms. The van der Waals surface area contributed by atoms with Crippen LogP contribution in [0.4, 0.5) is 13.2 Å². The first-order valence-corrected chi connectivity index (χ1v) is 6.76. The van der Waals surface area contributed by atoms with Crippen molar-refractivity contribution in [3.05, 3.63) is 35.4 Å². The number of benzene rings is 1. The van der Waals surface area contributed by atoms with E-state index < -0.39 is 23.8 Å². The lowest BCUT2D eigenvalue weighted by Crippen LogP contribution is -2.42. The summed E-state index contributed by atoms with van der Waals surface area (Å²) in [6, 6.07) is 4.29. The van der Waals surface area contributed by atoms with Gasteiger partial charge in [0.1, 0.15) is 6.04 Å². The van der Waals surface area contributed by atoms with Crippen LogP contribution in [0.15, 0.2) is 24.3 Å². The highest BCUT2D eigenvalue weighted by molar-refractivity contribution is 5.73. The van der Waals surface area contributed by atoms with Gasteiger partial charge in [0, 0.05) is 6.54 Å². The first kappa shape index (κ1) is 17.5. The number of carboxylic acid groups (broad SMARTS) is 1. The van der Waals surface area contributed by atoms with Gasteiger partial charge in [0.15, 0.2) is 0 Å². The molecular formula is C15H20F3NO2. The second-order valence-corrected chi connectivity index (χ2v) is 5.49. The van der Waals surface area contributed by atoms with Gasteiger partial charge >= 0.3 is 12.1 Å². The smallest absolute Gasteiger partial charge is 0.416 e. The zero-order chi connectivity index (χ0) is 16.2. The Bertz CT molecular complexity index is 469. The largest absolute Gasteiger partial charge is 0.480 e. The molecule has 1 unspecified atom stereocenters. The fourth-order valence-electron chi connectivity index (χ4n) is 2.03. The van der Waals surface area contributed by atoms with E-state index >= 15 is 0 Å². The second kappa shape index (κ2) is 6.93. The molecule has 0 bridgehead atoms. The Morgan fingerprint density at radius 3 is 2.10 bits per heavy atom. The third-order valence-electron chi connectivity index (χ3n) is 3.38. The predicted molar refractivity (Wildman–Crippen MR) is 74.1 cm³/mol.